The molecular formula is C11H11FN2O3. The normalized spacial score (nSPS) is 15.5. The van der Waals surface area contributed by atoms with E-state index in [2.05, 4.69) is 0 Å². The molecule has 1 saturated heterocycles. The van der Waals surface area contributed by atoms with E-state index in [0.717, 1.165) is 5.01 Å². The molecule has 2 rings (SSSR count). The molecule has 0 spiro atoms. The second-order valence-corrected chi connectivity index (χ2v) is 3.69. The molecule has 90 valence electrons. The Morgan fingerprint density at radius 2 is 2.00 bits per heavy atom. The molecule has 0 aromatic heterocycles. The summed E-state index contributed by atoms with van der Waals surface area (Å²) in [5.74, 6) is -1.69. The van der Waals surface area contributed by atoms with Crippen LogP contribution >= 0.6 is 0 Å². The maximum atomic E-state index is 12.8. The monoisotopic (exact) mass is 238 g/mol. The number of hydrazine groups is 1. The van der Waals surface area contributed by atoms with Crippen LogP contribution in [-0.4, -0.2) is 35.1 Å². The molecule has 6 heteroatoms. The van der Waals surface area contributed by atoms with E-state index in [4.69, 9.17) is 5.11 Å². The lowest BCUT2D eigenvalue weighted by Crippen LogP contribution is -2.42. The highest BCUT2D eigenvalue weighted by Crippen LogP contribution is 2.22. The van der Waals surface area contributed by atoms with Gasteiger partial charge in [0.1, 0.15) is 12.4 Å². The predicted molar refractivity (Wildman–Crippen MR) is 57.7 cm³/mol. The second kappa shape index (κ2) is 4.40. The number of benzene rings is 1. The lowest BCUT2D eigenvalue weighted by molar-refractivity contribution is -0.143. The third kappa shape index (κ3) is 2.35. The highest BCUT2D eigenvalue weighted by molar-refractivity contribution is 5.85. The van der Waals surface area contributed by atoms with Gasteiger partial charge in [-0.3, -0.25) is 14.6 Å². The van der Waals surface area contributed by atoms with Crippen LogP contribution in [0.2, 0.25) is 0 Å². The fourth-order valence-electron chi connectivity index (χ4n) is 1.77. The highest BCUT2D eigenvalue weighted by atomic mass is 19.1. The Kier molecular flexibility index (Phi) is 2.95. The van der Waals surface area contributed by atoms with Crippen molar-refractivity contribution in [2.45, 2.75) is 6.42 Å². The number of rotatable bonds is 3. The molecule has 1 aromatic rings. The fraction of sp³-hybridized carbons (Fsp3) is 0.273. The third-order valence-corrected chi connectivity index (χ3v) is 2.53. The quantitative estimate of drug-likeness (QED) is 0.848. The van der Waals surface area contributed by atoms with Crippen molar-refractivity contribution in [3.05, 3.63) is 30.1 Å². The van der Waals surface area contributed by atoms with Crippen molar-refractivity contribution in [1.29, 1.82) is 0 Å². The van der Waals surface area contributed by atoms with Crippen molar-refractivity contribution in [2.24, 2.45) is 0 Å². The largest absolute Gasteiger partial charge is 0.480 e. The lowest BCUT2D eigenvalue weighted by atomic mass is 10.3. The minimum atomic E-state index is -1.08. The van der Waals surface area contributed by atoms with E-state index in [0.29, 0.717) is 12.2 Å². The minimum Gasteiger partial charge on any atom is -0.480 e. The summed E-state index contributed by atoms with van der Waals surface area (Å²) in [6.45, 7) is 0.0357. The maximum absolute atomic E-state index is 12.8. The van der Waals surface area contributed by atoms with E-state index in [1.165, 1.54) is 24.3 Å². The van der Waals surface area contributed by atoms with Crippen LogP contribution in [0.15, 0.2) is 24.3 Å². The summed E-state index contributed by atoms with van der Waals surface area (Å²) < 4.78 is 12.8. The Morgan fingerprint density at radius 3 is 2.59 bits per heavy atom. The van der Waals surface area contributed by atoms with E-state index < -0.39 is 5.97 Å². The lowest BCUT2D eigenvalue weighted by Gasteiger charge is -2.28. The van der Waals surface area contributed by atoms with Crippen LogP contribution in [0, 0.1) is 5.82 Å². The Bertz CT molecular complexity index is 447. The van der Waals surface area contributed by atoms with Gasteiger partial charge in [0, 0.05) is 13.0 Å². The number of anilines is 1. The van der Waals surface area contributed by atoms with Crippen molar-refractivity contribution in [3.8, 4) is 0 Å². The minimum absolute atomic E-state index is 0.239. The fourth-order valence-corrected chi connectivity index (χ4v) is 1.77. The molecule has 0 atom stereocenters. The molecule has 1 fully saturated rings. The van der Waals surface area contributed by atoms with Gasteiger partial charge in [-0.05, 0) is 24.3 Å². The van der Waals surface area contributed by atoms with Gasteiger partial charge in [0.05, 0.1) is 5.69 Å². The first kappa shape index (κ1) is 11.4. The van der Waals surface area contributed by atoms with Gasteiger partial charge < -0.3 is 5.11 Å². The summed E-state index contributed by atoms with van der Waals surface area (Å²) in [5, 5.41) is 11.4. The number of carboxylic acid groups (broad SMARTS) is 1. The number of carboxylic acids is 1. The molecule has 0 bridgehead atoms. The number of hydrogen-bond acceptors (Lipinski definition) is 3. The van der Waals surface area contributed by atoms with Gasteiger partial charge in [-0.1, -0.05) is 0 Å². The average Bonchev–Trinajstić information content (AvgIpc) is 2.61. The summed E-state index contributed by atoms with van der Waals surface area (Å²) in [6, 6.07) is 5.58. The van der Waals surface area contributed by atoms with Crippen LogP contribution in [0.25, 0.3) is 0 Å². The molecule has 1 amide bonds. The second-order valence-electron chi connectivity index (χ2n) is 3.69. The molecule has 0 aliphatic carbocycles. The number of hydrogen-bond donors (Lipinski definition) is 1. The van der Waals surface area contributed by atoms with Gasteiger partial charge in [0.15, 0.2) is 0 Å². The number of aliphatic carboxylic acids is 1. The number of amides is 1. The Balaban J connectivity index is 2.22. The zero-order valence-electron chi connectivity index (χ0n) is 8.97. The molecule has 1 N–H and O–H groups in total. The topological polar surface area (TPSA) is 60.9 Å². The number of halogens is 1. The van der Waals surface area contributed by atoms with Crippen LogP contribution < -0.4 is 5.01 Å². The predicted octanol–water partition coefficient (Wildman–Crippen LogP) is 0.864. The smallest absolute Gasteiger partial charge is 0.325 e. The van der Waals surface area contributed by atoms with Gasteiger partial charge in [0.25, 0.3) is 0 Å². The van der Waals surface area contributed by atoms with E-state index in [-0.39, 0.29) is 24.7 Å². The van der Waals surface area contributed by atoms with Gasteiger partial charge in [-0.2, -0.15) is 0 Å². The Morgan fingerprint density at radius 1 is 1.35 bits per heavy atom. The summed E-state index contributed by atoms with van der Waals surface area (Å²) >= 11 is 0. The van der Waals surface area contributed by atoms with E-state index >= 15 is 0 Å². The van der Waals surface area contributed by atoms with E-state index in [1.54, 1.807) is 5.01 Å². The molecule has 0 radical (unpaired) electrons. The Hall–Kier alpha value is -2.11. The molecule has 1 aromatic carbocycles. The number of carbonyl (C=O) groups is 2. The molecule has 1 aliphatic rings. The standard InChI is InChI=1S/C11H11FN2O3/c12-8-1-3-9(4-2-8)13-6-5-10(15)14(13)7-11(16)17/h1-4H,5-7H2,(H,16,17). The summed E-state index contributed by atoms with van der Waals surface area (Å²) in [6.07, 6.45) is 0.269. The summed E-state index contributed by atoms with van der Waals surface area (Å²) in [7, 11) is 0. The van der Waals surface area contributed by atoms with Gasteiger partial charge in [-0.15, -0.1) is 0 Å². The first-order chi connectivity index (χ1) is 8.08. The van der Waals surface area contributed by atoms with Crippen molar-refractivity contribution in [3.63, 3.8) is 0 Å². The average molecular weight is 238 g/mol. The molecule has 17 heavy (non-hydrogen) atoms. The Labute approximate surface area is 97.0 Å². The van der Waals surface area contributed by atoms with E-state index in [9.17, 15) is 14.0 Å². The molecule has 1 aliphatic heterocycles. The van der Waals surface area contributed by atoms with Crippen molar-refractivity contribution >= 4 is 17.6 Å². The first-order valence-corrected chi connectivity index (χ1v) is 5.13. The molecule has 1 heterocycles. The van der Waals surface area contributed by atoms with Crippen molar-refractivity contribution in [2.75, 3.05) is 18.1 Å². The molecule has 0 saturated carbocycles. The van der Waals surface area contributed by atoms with Crippen LogP contribution in [0.1, 0.15) is 6.42 Å². The highest BCUT2D eigenvalue weighted by Gasteiger charge is 2.30. The van der Waals surface area contributed by atoms with Gasteiger partial charge in [-0.25, -0.2) is 9.40 Å². The van der Waals surface area contributed by atoms with Gasteiger partial charge >= 0.3 is 5.97 Å². The summed E-state index contributed by atoms with van der Waals surface area (Å²) in [5.41, 5.74) is 0.610. The molecule has 0 unspecified atom stereocenters. The molecular weight excluding hydrogens is 227 g/mol. The van der Waals surface area contributed by atoms with Crippen LogP contribution in [-0.2, 0) is 9.59 Å². The zero-order chi connectivity index (χ0) is 12.4. The zero-order valence-corrected chi connectivity index (χ0v) is 8.97. The van der Waals surface area contributed by atoms with Crippen molar-refractivity contribution in [1.82, 2.24) is 5.01 Å². The molecule has 5 nitrogen and oxygen atoms in total. The van der Waals surface area contributed by atoms with Crippen LogP contribution in [0.3, 0.4) is 0 Å². The van der Waals surface area contributed by atoms with E-state index in [1.807, 2.05) is 0 Å². The third-order valence-electron chi connectivity index (χ3n) is 2.53. The van der Waals surface area contributed by atoms with Gasteiger partial charge in [0.2, 0.25) is 5.91 Å². The number of carbonyl (C=O) groups excluding carboxylic acids is 1. The number of nitrogens with zero attached hydrogens (tertiary/aromatic N) is 2. The maximum Gasteiger partial charge on any atom is 0.325 e. The van der Waals surface area contributed by atoms with Crippen LogP contribution in [0.4, 0.5) is 10.1 Å². The van der Waals surface area contributed by atoms with Crippen molar-refractivity contribution < 1.29 is 19.1 Å². The SMILES string of the molecule is O=C(O)CN1C(=O)CCN1c1ccc(F)cc1. The summed E-state index contributed by atoms with van der Waals surface area (Å²) in [4.78, 5) is 22.2. The first-order valence-electron chi connectivity index (χ1n) is 5.13. The van der Waals surface area contributed by atoms with Crippen LogP contribution in [0.5, 0.6) is 0 Å².